The standard InChI is InChI=1S/C25H34FN3O6/c1-17-13-28(9-10-29(17)14-19(30)16-35-21-8-6-5-7-20(21)26)15-24(31)27-18-11-22(32-2)25(34-4)23(12-18)33-3/h5-8,11-12,17,19,30H,9-10,13-16H2,1-4H3,(H,27,31)/t17-,19-/m0/s1. The fourth-order valence-electron chi connectivity index (χ4n) is 4.11. The molecule has 1 fully saturated rings. The number of carbonyl (C=O) groups excluding carboxylic acids is 1. The van der Waals surface area contributed by atoms with Crippen LogP contribution in [0.4, 0.5) is 10.1 Å². The monoisotopic (exact) mass is 491 g/mol. The van der Waals surface area contributed by atoms with Gasteiger partial charge >= 0.3 is 0 Å². The summed E-state index contributed by atoms with van der Waals surface area (Å²) in [4.78, 5) is 16.9. The highest BCUT2D eigenvalue weighted by Gasteiger charge is 2.27. The highest BCUT2D eigenvalue weighted by Crippen LogP contribution is 2.39. The van der Waals surface area contributed by atoms with Crippen molar-refractivity contribution >= 4 is 11.6 Å². The Labute approximate surface area is 205 Å². The topological polar surface area (TPSA) is 92.7 Å². The molecule has 0 aliphatic carbocycles. The van der Waals surface area contributed by atoms with Gasteiger partial charge < -0.3 is 29.4 Å². The minimum Gasteiger partial charge on any atom is -0.493 e. The number of carbonyl (C=O) groups is 1. The summed E-state index contributed by atoms with van der Waals surface area (Å²) in [6.45, 7) is 4.72. The predicted molar refractivity (Wildman–Crippen MR) is 130 cm³/mol. The maximum Gasteiger partial charge on any atom is 0.238 e. The molecule has 35 heavy (non-hydrogen) atoms. The van der Waals surface area contributed by atoms with Crippen molar-refractivity contribution in [1.82, 2.24) is 9.80 Å². The Morgan fingerprint density at radius 2 is 1.80 bits per heavy atom. The summed E-state index contributed by atoms with van der Waals surface area (Å²) < 4.78 is 35.1. The number of β-amino-alcohol motifs (C(OH)–C–C–N with tert-alkyl or cyclic N) is 1. The summed E-state index contributed by atoms with van der Waals surface area (Å²) in [5.74, 6) is 0.899. The van der Waals surface area contributed by atoms with E-state index in [0.29, 0.717) is 49.1 Å². The number of piperazine rings is 1. The molecule has 1 aliphatic heterocycles. The molecule has 1 heterocycles. The lowest BCUT2D eigenvalue weighted by Gasteiger charge is -2.40. The van der Waals surface area contributed by atoms with Crippen molar-refractivity contribution in [2.45, 2.75) is 19.1 Å². The molecule has 2 N–H and O–H groups in total. The molecule has 0 unspecified atom stereocenters. The Kier molecular flexibility index (Phi) is 9.53. The van der Waals surface area contributed by atoms with Gasteiger partial charge in [-0.05, 0) is 19.1 Å². The van der Waals surface area contributed by atoms with Crippen molar-refractivity contribution in [3.05, 3.63) is 42.2 Å². The fraction of sp³-hybridized carbons (Fsp3) is 0.480. The van der Waals surface area contributed by atoms with Crippen molar-refractivity contribution in [2.75, 3.05) is 66.0 Å². The minimum atomic E-state index is -0.757. The summed E-state index contributed by atoms with van der Waals surface area (Å²) in [5, 5.41) is 13.3. The minimum absolute atomic E-state index is 0.00502. The number of nitrogens with zero attached hydrogens (tertiary/aromatic N) is 2. The van der Waals surface area contributed by atoms with Crippen LogP contribution in [0.2, 0.25) is 0 Å². The zero-order valence-corrected chi connectivity index (χ0v) is 20.6. The number of halogens is 1. The van der Waals surface area contributed by atoms with Gasteiger partial charge in [-0.2, -0.15) is 0 Å². The molecule has 1 aliphatic rings. The van der Waals surface area contributed by atoms with E-state index in [4.69, 9.17) is 18.9 Å². The number of rotatable bonds is 11. The maximum absolute atomic E-state index is 13.7. The molecule has 2 atom stereocenters. The first kappa shape index (κ1) is 26.5. The van der Waals surface area contributed by atoms with Gasteiger partial charge in [-0.15, -0.1) is 0 Å². The van der Waals surface area contributed by atoms with Crippen LogP contribution in [-0.4, -0.2) is 93.6 Å². The van der Waals surface area contributed by atoms with E-state index < -0.39 is 11.9 Å². The molecule has 0 radical (unpaired) electrons. The molecule has 0 spiro atoms. The van der Waals surface area contributed by atoms with Crippen molar-refractivity contribution < 1.29 is 33.2 Å². The molecule has 2 aromatic carbocycles. The van der Waals surface area contributed by atoms with Gasteiger partial charge in [-0.25, -0.2) is 4.39 Å². The molecule has 1 amide bonds. The number of amides is 1. The van der Waals surface area contributed by atoms with Crippen LogP contribution in [0.5, 0.6) is 23.0 Å². The molecule has 0 aromatic heterocycles. The number of methoxy groups -OCH3 is 3. The Hall–Kier alpha value is -3.08. The summed E-state index contributed by atoms with van der Waals surface area (Å²) in [6.07, 6.45) is -0.757. The molecule has 10 heteroatoms. The zero-order chi connectivity index (χ0) is 25.4. The molecular weight excluding hydrogens is 457 g/mol. The van der Waals surface area contributed by atoms with E-state index in [2.05, 4.69) is 15.1 Å². The summed E-state index contributed by atoms with van der Waals surface area (Å²) in [6, 6.07) is 9.62. The number of hydrogen-bond acceptors (Lipinski definition) is 8. The average molecular weight is 492 g/mol. The van der Waals surface area contributed by atoms with Gasteiger partial charge in [0.05, 0.1) is 27.9 Å². The van der Waals surface area contributed by atoms with Crippen molar-refractivity contribution in [3.63, 3.8) is 0 Å². The van der Waals surface area contributed by atoms with Gasteiger partial charge in [0.15, 0.2) is 23.1 Å². The largest absolute Gasteiger partial charge is 0.493 e. The second kappa shape index (κ2) is 12.6. The van der Waals surface area contributed by atoms with Crippen LogP contribution < -0.4 is 24.3 Å². The van der Waals surface area contributed by atoms with Crippen LogP contribution in [0.15, 0.2) is 36.4 Å². The Bertz CT molecular complexity index is 966. The van der Waals surface area contributed by atoms with E-state index in [0.717, 1.165) is 0 Å². The molecule has 3 rings (SSSR count). The number of nitrogens with one attached hydrogen (secondary N) is 1. The first-order valence-corrected chi connectivity index (χ1v) is 11.5. The number of anilines is 1. The molecule has 0 saturated carbocycles. The first-order valence-electron chi connectivity index (χ1n) is 11.5. The number of hydrogen-bond donors (Lipinski definition) is 2. The van der Waals surface area contributed by atoms with Crippen molar-refractivity contribution in [2.24, 2.45) is 0 Å². The smallest absolute Gasteiger partial charge is 0.238 e. The number of para-hydroxylation sites is 1. The Morgan fingerprint density at radius 3 is 2.40 bits per heavy atom. The van der Waals surface area contributed by atoms with Crippen LogP contribution in [0.25, 0.3) is 0 Å². The van der Waals surface area contributed by atoms with Gasteiger partial charge in [0.2, 0.25) is 11.7 Å². The maximum atomic E-state index is 13.7. The SMILES string of the molecule is COc1cc(NC(=O)CN2CCN(C[C@H](O)COc3ccccc3F)[C@@H](C)C2)cc(OC)c1OC. The van der Waals surface area contributed by atoms with E-state index in [-0.39, 0.29) is 30.9 Å². The van der Waals surface area contributed by atoms with Crippen LogP contribution in [0.3, 0.4) is 0 Å². The summed E-state index contributed by atoms with van der Waals surface area (Å²) in [5.41, 5.74) is 0.550. The van der Waals surface area contributed by atoms with Crippen molar-refractivity contribution in [1.29, 1.82) is 0 Å². The van der Waals surface area contributed by atoms with Crippen LogP contribution in [0, 0.1) is 5.82 Å². The van der Waals surface area contributed by atoms with Gasteiger partial charge in [-0.3, -0.25) is 14.6 Å². The lowest BCUT2D eigenvalue weighted by Crippen LogP contribution is -2.55. The lowest BCUT2D eigenvalue weighted by molar-refractivity contribution is -0.118. The summed E-state index contributed by atoms with van der Waals surface area (Å²) >= 11 is 0. The fourth-order valence-corrected chi connectivity index (χ4v) is 4.11. The molecule has 2 aromatic rings. The van der Waals surface area contributed by atoms with Crippen molar-refractivity contribution in [3.8, 4) is 23.0 Å². The molecule has 0 bridgehead atoms. The number of benzene rings is 2. The van der Waals surface area contributed by atoms with Gasteiger partial charge in [-0.1, -0.05) is 12.1 Å². The van der Waals surface area contributed by atoms with Crippen LogP contribution in [0.1, 0.15) is 6.92 Å². The lowest BCUT2D eigenvalue weighted by atomic mass is 10.1. The van der Waals surface area contributed by atoms with Gasteiger partial charge in [0, 0.05) is 50.0 Å². The highest BCUT2D eigenvalue weighted by atomic mass is 19.1. The molecule has 1 saturated heterocycles. The summed E-state index contributed by atoms with van der Waals surface area (Å²) in [7, 11) is 4.56. The number of aliphatic hydroxyl groups is 1. The molecule has 9 nitrogen and oxygen atoms in total. The predicted octanol–water partition coefficient (Wildman–Crippen LogP) is 2.24. The Morgan fingerprint density at radius 1 is 1.11 bits per heavy atom. The van der Waals surface area contributed by atoms with E-state index in [1.165, 1.54) is 33.5 Å². The van der Waals surface area contributed by atoms with E-state index in [1.54, 1.807) is 24.3 Å². The van der Waals surface area contributed by atoms with Gasteiger partial charge in [0.1, 0.15) is 12.7 Å². The van der Waals surface area contributed by atoms with E-state index in [1.807, 2.05) is 6.92 Å². The van der Waals surface area contributed by atoms with E-state index in [9.17, 15) is 14.3 Å². The van der Waals surface area contributed by atoms with Gasteiger partial charge in [0.25, 0.3) is 0 Å². The second-order valence-corrected chi connectivity index (χ2v) is 8.44. The molecule has 192 valence electrons. The average Bonchev–Trinajstić information content (AvgIpc) is 2.84. The van der Waals surface area contributed by atoms with E-state index >= 15 is 0 Å². The highest BCUT2D eigenvalue weighted by molar-refractivity contribution is 5.93. The third kappa shape index (κ3) is 7.20. The first-order chi connectivity index (χ1) is 16.8. The molecular formula is C25H34FN3O6. The quantitative estimate of drug-likeness (QED) is 0.495. The zero-order valence-electron chi connectivity index (χ0n) is 20.6. The van der Waals surface area contributed by atoms with Crippen LogP contribution >= 0.6 is 0 Å². The number of aliphatic hydroxyl groups excluding tert-OH is 1. The second-order valence-electron chi connectivity index (χ2n) is 8.44. The normalized spacial score (nSPS) is 17.5. The third-order valence-electron chi connectivity index (χ3n) is 5.88. The Balaban J connectivity index is 1.47. The van der Waals surface area contributed by atoms with Crippen LogP contribution in [-0.2, 0) is 4.79 Å². The number of ether oxygens (including phenoxy) is 4. The third-order valence-corrected chi connectivity index (χ3v) is 5.88.